The number of hydrogen-bond acceptors (Lipinski definition) is 3. The summed E-state index contributed by atoms with van der Waals surface area (Å²) in [6.07, 6.45) is 0.825. The molecular formula is C13H18BrN3O. The maximum Gasteiger partial charge on any atom is 0.237 e. The molecule has 0 aromatic heterocycles. The summed E-state index contributed by atoms with van der Waals surface area (Å²) >= 11 is 3.51. The summed E-state index contributed by atoms with van der Waals surface area (Å²) in [4.78, 5) is 14.0. The van der Waals surface area contributed by atoms with Gasteiger partial charge >= 0.3 is 0 Å². The average Bonchev–Trinajstić information content (AvgIpc) is 2.35. The third kappa shape index (κ3) is 2.67. The number of nitrogens with zero attached hydrogens (tertiary/aromatic N) is 1. The normalized spacial score (nSPS) is 20.8. The molecule has 4 nitrogen and oxygen atoms in total. The van der Waals surface area contributed by atoms with E-state index in [2.05, 4.69) is 26.1 Å². The molecule has 1 aromatic rings. The Morgan fingerprint density at radius 2 is 2.33 bits per heavy atom. The molecule has 0 spiro atoms. The Kier molecular flexibility index (Phi) is 4.24. The number of anilines is 1. The van der Waals surface area contributed by atoms with Crippen molar-refractivity contribution in [1.29, 1.82) is 0 Å². The summed E-state index contributed by atoms with van der Waals surface area (Å²) in [5, 5.41) is 2.91. The lowest BCUT2D eigenvalue weighted by Crippen LogP contribution is -2.54. The van der Waals surface area contributed by atoms with Crippen LogP contribution in [0.4, 0.5) is 5.69 Å². The minimum absolute atomic E-state index is 0.0351. The van der Waals surface area contributed by atoms with Gasteiger partial charge in [-0.2, -0.15) is 0 Å². The Balaban J connectivity index is 2.17. The van der Waals surface area contributed by atoms with Crippen molar-refractivity contribution >= 4 is 27.5 Å². The van der Waals surface area contributed by atoms with E-state index in [1.54, 1.807) is 0 Å². The number of hydrogen-bond donors (Lipinski definition) is 2. The van der Waals surface area contributed by atoms with Crippen LogP contribution in [0, 0.1) is 0 Å². The number of halogens is 1. The summed E-state index contributed by atoms with van der Waals surface area (Å²) in [7, 11) is 0. The van der Waals surface area contributed by atoms with Crippen molar-refractivity contribution in [2.24, 2.45) is 0 Å². The molecule has 1 heterocycles. The van der Waals surface area contributed by atoms with Crippen LogP contribution >= 0.6 is 15.9 Å². The number of nitrogen functional groups attached to an aromatic ring is 1. The zero-order valence-corrected chi connectivity index (χ0v) is 12.0. The van der Waals surface area contributed by atoms with Crippen molar-refractivity contribution < 1.29 is 4.79 Å². The number of carbonyl (C=O) groups is 1. The standard InChI is InChI=1S/C13H18BrN3O/c1-2-11-13(18)16-6-7-17(11)8-9-4-3-5-10(15)12(9)14/h3-5,11H,2,6-8,15H2,1H3,(H,16,18). The average molecular weight is 312 g/mol. The van der Waals surface area contributed by atoms with Crippen LogP contribution in [0.25, 0.3) is 0 Å². The van der Waals surface area contributed by atoms with E-state index in [1.807, 2.05) is 25.1 Å². The summed E-state index contributed by atoms with van der Waals surface area (Å²) in [6.45, 7) is 4.38. The molecule has 2 rings (SSSR count). The van der Waals surface area contributed by atoms with Gasteiger partial charge in [0.15, 0.2) is 0 Å². The van der Waals surface area contributed by atoms with E-state index < -0.39 is 0 Å². The highest BCUT2D eigenvalue weighted by Gasteiger charge is 2.28. The van der Waals surface area contributed by atoms with E-state index in [0.717, 1.165) is 41.8 Å². The van der Waals surface area contributed by atoms with Crippen molar-refractivity contribution in [2.45, 2.75) is 25.9 Å². The van der Waals surface area contributed by atoms with E-state index in [1.165, 1.54) is 0 Å². The number of rotatable bonds is 3. The Morgan fingerprint density at radius 1 is 1.56 bits per heavy atom. The van der Waals surface area contributed by atoms with Crippen molar-refractivity contribution in [3.8, 4) is 0 Å². The van der Waals surface area contributed by atoms with Crippen LogP contribution in [0.5, 0.6) is 0 Å². The molecule has 1 aromatic carbocycles. The van der Waals surface area contributed by atoms with E-state index in [-0.39, 0.29) is 11.9 Å². The lowest BCUT2D eigenvalue weighted by molar-refractivity contribution is -0.129. The molecule has 1 fully saturated rings. The van der Waals surface area contributed by atoms with Crippen LogP contribution in [-0.4, -0.2) is 29.9 Å². The second-order valence-electron chi connectivity index (χ2n) is 4.51. The van der Waals surface area contributed by atoms with E-state index in [0.29, 0.717) is 0 Å². The molecule has 5 heteroatoms. The molecule has 0 bridgehead atoms. The quantitative estimate of drug-likeness (QED) is 0.836. The summed E-state index contributed by atoms with van der Waals surface area (Å²) in [5.41, 5.74) is 7.74. The Morgan fingerprint density at radius 3 is 3.06 bits per heavy atom. The largest absolute Gasteiger partial charge is 0.398 e. The Hall–Kier alpha value is -1.07. The van der Waals surface area contributed by atoms with Gasteiger partial charge in [0.2, 0.25) is 5.91 Å². The minimum Gasteiger partial charge on any atom is -0.398 e. The van der Waals surface area contributed by atoms with Gasteiger partial charge in [0.1, 0.15) is 0 Å². The van der Waals surface area contributed by atoms with Crippen LogP contribution in [-0.2, 0) is 11.3 Å². The van der Waals surface area contributed by atoms with Crippen LogP contribution in [0.1, 0.15) is 18.9 Å². The van der Waals surface area contributed by atoms with Gasteiger partial charge in [-0.3, -0.25) is 9.69 Å². The molecular weight excluding hydrogens is 294 g/mol. The van der Waals surface area contributed by atoms with Crippen LogP contribution < -0.4 is 11.1 Å². The number of amides is 1. The fourth-order valence-corrected chi connectivity index (χ4v) is 2.73. The molecule has 1 aliphatic heterocycles. The number of nitrogens with two attached hydrogens (primary N) is 1. The van der Waals surface area contributed by atoms with Gasteiger partial charge in [0.25, 0.3) is 0 Å². The molecule has 18 heavy (non-hydrogen) atoms. The van der Waals surface area contributed by atoms with E-state index >= 15 is 0 Å². The Bertz CT molecular complexity index is 450. The van der Waals surface area contributed by atoms with Crippen LogP contribution in [0.15, 0.2) is 22.7 Å². The SMILES string of the molecule is CCC1C(=O)NCCN1Cc1cccc(N)c1Br. The maximum absolute atomic E-state index is 11.8. The lowest BCUT2D eigenvalue weighted by Gasteiger charge is -2.34. The van der Waals surface area contributed by atoms with Gasteiger partial charge in [0.05, 0.1) is 6.04 Å². The third-order valence-corrected chi connectivity index (χ3v) is 4.28. The van der Waals surface area contributed by atoms with Crippen molar-refractivity contribution in [1.82, 2.24) is 10.2 Å². The van der Waals surface area contributed by atoms with Crippen molar-refractivity contribution in [2.75, 3.05) is 18.8 Å². The number of piperazine rings is 1. The topological polar surface area (TPSA) is 58.4 Å². The molecule has 1 unspecified atom stereocenters. The maximum atomic E-state index is 11.8. The fraction of sp³-hybridized carbons (Fsp3) is 0.462. The molecule has 1 amide bonds. The number of nitrogens with one attached hydrogen (secondary N) is 1. The Labute approximate surface area is 116 Å². The molecule has 0 radical (unpaired) electrons. The molecule has 3 N–H and O–H groups in total. The summed E-state index contributed by atoms with van der Waals surface area (Å²) < 4.78 is 0.936. The van der Waals surface area contributed by atoms with E-state index in [4.69, 9.17) is 5.73 Å². The lowest BCUT2D eigenvalue weighted by atomic mass is 10.1. The highest BCUT2D eigenvalue weighted by atomic mass is 79.9. The predicted molar refractivity (Wildman–Crippen MR) is 76.1 cm³/mol. The zero-order chi connectivity index (χ0) is 13.1. The van der Waals surface area contributed by atoms with Gasteiger partial charge in [-0.15, -0.1) is 0 Å². The first-order valence-electron chi connectivity index (χ1n) is 6.18. The first kappa shape index (κ1) is 13.4. The summed E-state index contributed by atoms with van der Waals surface area (Å²) in [5.74, 6) is 0.128. The first-order valence-corrected chi connectivity index (χ1v) is 6.97. The fourth-order valence-electron chi connectivity index (χ4n) is 2.34. The minimum atomic E-state index is -0.0351. The predicted octanol–water partition coefficient (Wildman–Crippen LogP) is 1.74. The molecule has 0 saturated carbocycles. The van der Waals surface area contributed by atoms with Crippen molar-refractivity contribution in [3.05, 3.63) is 28.2 Å². The summed E-state index contributed by atoms with van der Waals surface area (Å²) in [6, 6.07) is 5.82. The molecule has 1 saturated heterocycles. The molecule has 98 valence electrons. The number of benzene rings is 1. The highest BCUT2D eigenvalue weighted by molar-refractivity contribution is 9.10. The van der Waals surface area contributed by atoms with Gasteiger partial charge in [-0.25, -0.2) is 0 Å². The molecule has 0 aliphatic carbocycles. The highest BCUT2D eigenvalue weighted by Crippen LogP contribution is 2.26. The van der Waals surface area contributed by atoms with Crippen molar-refractivity contribution in [3.63, 3.8) is 0 Å². The second-order valence-corrected chi connectivity index (χ2v) is 5.30. The number of carbonyl (C=O) groups excluding carboxylic acids is 1. The van der Waals surface area contributed by atoms with Gasteiger partial charge in [-0.1, -0.05) is 19.1 Å². The van der Waals surface area contributed by atoms with Gasteiger partial charge in [-0.05, 0) is 34.0 Å². The third-order valence-electron chi connectivity index (χ3n) is 3.31. The smallest absolute Gasteiger partial charge is 0.237 e. The monoisotopic (exact) mass is 311 g/mol. The second kappa shape index (κ2) is 5.71. The van der Waals surface area contributed by atoms with Gasteiger partial charge < -0.3 is 11.1 Å². The van der Waals surface area contributed by atoms with Crippen LogP contribution in [0.2, 0.25) is 0 Å². The molecule has 1 atom stereocenters. The molecule has 1 aliphatic rings. The first-order chi connectivity index (χ1) is 8.63. The van der Waals surface area contributed by atoms with E-state index in [9.17, 15) is 4.79 Å². The van der Waals surface area contributed by atoms with Gasteiger partial charge in [0, 0.05) is 29.8 Å². The zero-order valence-electron chi connectivity index (χ0n) is 10.4. The van der Waals surface area contributed by atoms with Crippen LogP contribution in [0.3, 0.4) is 0 Å².